The summed E-state index contributed by atoms with van der Waals surface area (Å²) in [5, 5.41) is 21.7. The van der Waals surface area contributed by atoms with Gasteiger partial charge in [-0.2, -0.15) is 0 Å². The fourth-order valence-electron chi connectivity index (χ4n) is 2.85. The summed E-state index contributed by atoms with van der Waals surface area (Å²) in [4.78, 5) is 0. The SMILES string of the molecule is Oc1cc2c(cc1O)[C@@H](c1ccccc1)C[NH2+]CC2. The van der Waals surface area contributed by atoms with Crippen LogP contribution in [0, 0.1) is 0 Å². The fourth-order valence-corrected chi connectivity index (χ4v) is 2.85. The first kappa shape index (κ1) is 12.1. The first-order valence-electron chi connectivity index (χ1n) is 6.67. The second-order valence-corrected chi connectivity index (χ2v) is 5.07. The summed E-state index contributed by atoms with van der Waals surface area (Å²) in [6, 6.07) is 13.8. The highest BCUT2D eigenvalue weighted by molar-refractivity contribution is 5.49. The van der Waals surface area contributed by atoms with Crippen molar-refractivity contribution < 1.29 is 15.5 Å². The molecule has 1 aliphatic heterocycles. The second kappa shape index (κ2) is 4.94. The molecule has 0 spiro atoms. The first-order valence-corrected chi connectivity index (χ1v) is 6.67. The minimum atomic E-state index is -0.0263. The van der Waals surface area contributed by atoms with E-state index in [1.165, 1.54) is 5.56 Å². The van der Waals surface area contributed by atoms with Crippen molar-refractivity contribution in [3.05, 3.63) is 59.2 Å². The van der Waals surface area contributed by atoms with Gasteiger partial charge < -0.3 is 15.5 Å². The van der Waals surface area contributed by atoms with Gasteiger partial charge in [0.05, 0.1) is 19.0 Å². The minimum Gasteiger partial charge on any atom is -0.504 e. The van der Waals surface area contributed by atoms with Crippen molar-refractivity contribution in [3.63, 3.8) is 0 Å². The van der Waals surface area contributed by atoms with Gasteiger partial charge in [0.25, 0.3) is 0 Å². The number of benzene rings is 2. The van der Waals surface area contributed by atoms with Crippen LogP contribution in [0.15, 0.2) is 42.5 Å². The van der Waals surface area contributed by atoms with Crippen molar-refractivity contribution in [3.8, 4) is 11.5 Å². The molecule has 0 fully saturated rings. The molecule has 3 heteroatoms. The van der Waals surface area contributed by atoms with E-state index in [1.54, 1.807) is 12.1 Å². The van der Waals surface area contributed by atoms with Gasteiger partial charge in [-0.15, -0.1) is 0 Å². The molecule has 0 saturated carbocycles. The largest absolute Gasteiger partial charge is 0.504 e. The lowest BCUT2D eigenvalue weighted by Crippen LogP contribution is -2.85. The molecule has 0 amide bonds. The summed E-state index contributed by atoms with van der Waals surface area (Å²) in [6.07, 6.45) is 0.923. The summed E-state index contributed by atoms with van der Waals surface area (Å²) in [5.74, 6) is 0.222. The van der Waals surface area contributed by atoms with Crippen LogP contribution in [0.1, 0.15) is 22.6 Å². The molecule has 0 unspecified atom stereocenters. The first-order chi connectivity index (χ1) is 9.25. The van der Waals surface area contributed by atoms with E-state index in [9.17, 15) is 10.2 Å². The monoisotopic (exact) mass is 256 g/mol. The Morgan fingerprint density at radius 2 is 1.74 bits per heavy atom. The van der Waals surface area contributed by atoms with E-state index in [4.69, 9.17) is 0 Å². The molecular formula is C16H18NO2+. The minimum absolute atomic E-state index is 0.0209. The number of phenolic OH excluding ortho intramolecular Hbond substituents is 2. The molecule has 0 bridgehead atoms. The number of quaternary nitrogens is 1. The van der Waals surface area contributed by atoms with Crippen LogP contribution in [0.4, 0.5) is 0 Å². The number of hydrogen-bond donors (Lipinski definition) is 3. The van der Waals surface area contributed by atoms with Gasteiger partial charge >= 0.3 is 0 Å². The van der Waals surface area contributed by atoms with Crippen molar-refractivity contribution in [1.82, 2.24) is 0 Å². The van der Waals surface area contributed by atoms with E-state index in [-0.39, 0.29) is 17.4 Å². The normalized spacial score (nSPS) is 18.6. The molecule has 4 N–H and O–H groups in total. The van der Waals surface area contributed by atoms with Crippen molar-refractivity contribution in [1.29, 1.82) is 0 Å². The molecule has 0 aromatic heterocycles. The number of aromatic hydroxyl groups is 2. The van der Waals surface area contributed by atoms with Crippen LogP contribution in [0.2, 0.25) is 0 Å². The Hall–Kier alpha value is -2.00. The third kappa shape index (κ3) is 2.29. The maximum Gasteiger partial charge on any atom is 0.157 e. The number of nitrogens with two attached hydrogens (primary N) is 1. The number of phenols is 2. The number of rotatable bonds is 1. The molecule has 2 aromatic carbocycles. The van der Waals surface area contributed by atoms with Gasteiger partial charge in [0.2, 0.25) is 0 Å². The zero-order chi connectivity index (χ0) is 13.2. The smallest absolute Gasteiger partial charge is 0.157 e. The molecule has 98 valence electrons. The van der Waals surface area contributed by atoms with Crippen molar-refractivity contribution in [2.75, 3.05) is 13.1 Å². The van der Waals surface area contributed by atoms with Gasteiger partial charge in [-0.1, -0.05) is 30.3 Å². The number of hydrogen-bond acceptors (Lipinski definition) is 2. The van der Waals surface area contributed by atoms with E-state index < -0.39 is 0 Å². The van der Waals surface area contributed by atoms with E-state index in [0.29, 0.717) is 0 Å². The quantitative estimate of drug-likeness (QED) is 0.675. The summed E-state index contributed by atoms with van der Waals surface area (Å²) in [5.41, 5.74) is 3.53. The highest BCUT2D eigenvalue weighted by atomic mass is 16.3. The van der Waals surface area contributed by atoms with Crippen LogP contribution in [0.3, 0.4) is 0 Å². The maximum atomic E-state index is 9.77. The third-order valence-electron chi connectivity index (χ3n) is 3.83. The molecule has 0 radical (unpaired) electrons. The van der Waals surface area contributed by atoms with Crippen LogP contribution in [-0.4, -0.2) is 23.3 Å². The average Bonchev–Trinajstić information content (AvgIpc) is 2.63. The Morgan fingerprint density at radius 3 is 2.53 bits per heavy atom. The lowest BCUT2D eigenvalue weighted by molar-refractivity contribution is -0.654. The molecule has 19 heavy (non-hydrogen) atoms. The maximum absolute atomic E-state index is 9.77. The van der Waals surface area contributed by atoms with Crippen molar-refractivity contribution in [2.45, 2.75) is 12.3 Å². The van der Waals surface area contributed by atoms with E-state index in [0.717, 1.165) is 30.6 Å². The lowest BCUT2D eigenvalue weighted by atomic mass is 9.88. The van der Waals surface area contributed by atoms with Gasteiger partial charge in [-0.25, -0.2) is 0 Å². The molecule has 2 aromatic rings. The lowest BCUT2D eigenvalue weighted by Gasteiger charge is -2.17. The number of fused-ring (bicyclic) bond motifs is 1. The molecule has 1 aliphatic rings. The van der Waals surface area contributed by atoms with Crippen LogP contribution in [0.5, 0.6) is 11.5 Å². The molecule has 1 atom stereocenters. The second-order valence-electron chi connectivity index (χ2n) is 5.07. The van der Waals surface area contributed by atoms with E-state index >= 15 is 0 Å². The predicted octanol–water partition coefficient (Wildman–Crippen LogP) is 1.35. The van der Waals surface area contributed by atoms with Gasteiger partial charge in [-0.05, 0) is 28.8 Å². The molecule has 1 heterocycles. The molecule has 0 aliphatic carbocycles. The highest BCUT2D eigenvalue weighted by Crippen LogP contribution is 2.35. The van der Waals surface area contributed by atoms with Crippen molar-refractivity contribution in [2.24, 2.45) is 0 Å². The van der Waals surface area contributed by atoms with E-state index in [1.807, 2.05) is 18.2 Å². The van der Waals surface area contributed by atoms with Gasteiger partial charge in [0, 0.05) is 6.42 Å². The Balaban J connectivity index is 2.11. The Labute approximate surface area is 112 Å². The Bertz CT molecular complexity index is 581. The van der Waals surface area contributed by atoms with Crippen molar-refractivity contribution >= 4 is 0 Å². The Morgan fingerprint density at radius 1 is 1.00 bits per heavy atom. The summed E-state index contributed by atoms with van der Waals surface area (Å²) in [7, 11) is 0. The van der Waals surface area contributed by atoms with Gasteiger partial charge in [-0.3, -0.25) is 0 Å². The standard InChI is InChI=1S/C16H17NO2/c18-15-8-12-6-7-17-10-14(13(12)9-16(15)19)11-4-2-1-3-5-11/h1-5,8-9,14,17-19H,6-7,10H2/p+1/t14-/m1/s1. The molecule has 0 saturated heterocycles. The summed E-state index contributed by atoms with van der Waals surface area (Å²) in [6.45, 7) is 1.99. The predicted molar refractivity (Wildman–Crippen MR) is 73.4 cm³/mol. The van der Waals surface area contributed by atoms with Crippen LogP contribution < -0.4 is 5.32 Å². The zero-order valence-electron chi connectivity index (χ0n) is 10.7. The van der Waals surface area contributed by atoms with Crippen LogP contribution in [0.25, 0.3) is 0 Å². The third-order valence-corrected chi connectivity index (χ3v) is 3.83. The molecule has 3 rings (SSSR count). The molecular weight excluding hydrogens is 238 g/mol. The summed E-state index contributed by atoms with van der Waals surface area (Å²) < 4.78 is 0. The fraction of sp³-hybridized carbons (Fsp3) is 0.250. The Kier molecular flexibility index (Phi) is 3.13. The van der Waals surface area contributed by atoms with Gasteiger partial charge in [0.15, 0.2) is 11.5 Å². The zero-order valence-corrected chi connectivity index (χ0v) is 10.7. The van der Waals surface area contributed by atoms with E-state index in [2.05, 4.69) is 17.4 Å². The van der Waals surface area contributed by atoms with Gasteiger partial charge in [0.1, 0.15) is 0 Å². The summed E-state index contributed by atoms with van der Waals surface area (Å²) >= 11 is 0. The van der Waals surface area contributed by atoms with Crippen LogP contribution in [-0.2, 0) is 6.42 Å². The van der Waals surface area contributed by atoms with Crippen LogP contribution >= 0.6 is 0 Å². The highest BCUT2D eigenvalue weighted by Gasteiger charge is 2.23. The molecule has 3 nitrogen and oxygen atoms in total. The average molecular weight is 256 g/mol. The topological polar surface area (TPSA) is 57.1 Å².